The monoisotopic (exact) mass is 394 g/mol. The SMILES string of the molecule is CC1(C)[C@@H](C(=O)O)N2C(=O)[C@@H](NC(=O)[C@@H](C(=O)O)c3ccccc3)[C@H]2[S@]1=O. The molecule has 10 heteroatoms. The van der Waals surface area contributed by atoms with E-state index >= 15 is 0 Å². The van der Waals surface area contributed by atoms with Gasteiger partial charge in [-0.25, -0.2) is 4.79 Å². The Hall–Kier alpha value is -2.75. The molecule has 1 aromatic carbocycles. The quantitative estimate of drug-likeness (QED) is 0.452. The smallest absolute Gasteiger partial charge is 0.328 e. The number of fused-ring (bicyclic) bond motifs is 1. The summed E-state index contributed by atoms with van der Waals surface area (Å²) >= 11 is 0. The van der Waals surface area contributed by atoms with Crippen LogP contribution in [0, 0.1) is 0 Å². The second-order valence-electron chi connectivity index (χ2n) is 6.95. The lowest BCUT2D eigenvalue weighted by Crippen LogP contribution is -2.72. The Morgan fingerprint density at radius 2 is 1.78 bits per heavy atom. The number of aliphatic carboxylic acids is 2. The van der Waals surface area contributed by atoms with Crippen molar-refractivity contribution in [3.8, 4) is 0 Å². The number of hydrogen-bond acceptors (Lipinski definition) is 5. The maximum Gasteiger partial charge on any atom is 0.328 e. The van der Waals surface area contributed by atoms with E-state index in [9.17, 15) is 33.6 Å². The average molecular weight is 394 g/mol. The van der Waals surface area contributed by atoms with Crippen molar-refractivity contribution in [1.82, 2.24) is 10.2 Å². The highest BCUT2D eigenvalue weighted by atomic mass is 32.2. The molecule has 0 saturated carbocycles. The summed E-state index contributed by atoms with van der Waals surface area (Å²) in [7, 11) is -1.75. The van der Waals surface area contributed by atoms with Crippen molar-refractivity contribution < 1.29 is 33.6 Å². The van der Waals surface area contributed by atoms with Crippen LogP contribution in [0.3, 0.4) is 0 Å². The molecule has 3 N–H and O–H groups in total. The minimum absolute atomic E-state index is 0.238. The van der Waals surface area contributed by atoms with Crippen LogP contribution in [0.15, 0.2) is 30.3 Å². The van der Waals surface area contributed by atoms with Crippen LogP contribution in [0.5, 0.6) is 0 Å². The van der Waals surface area contributed by atoms with Gasteiger partial charge in [-0.2, -0.15) is 0 Å². The van der Waals surface area contributed by atoms with E-state index in [-0.39, 0.29) is 5.56 Å². The fourth-order valence-corrected chi connectivity index (χ4v) is 5.50. The summed E-state index contributed by atoms with van der Waals surface area (Å²) in [5, 5.41) is 20.2. The molecule has 27 heavy (non-hydrogen) atoms. The van der Waals surface area contributed by atoms with Gasteiger partial charge in [-0.3, -0.25) is 18.6 Å². The third kappa shape index (κ3) is 2.80. The van der Waals surface area contributed by atoms with Gasteiger partial charge < -0.3 is 20.4 Å². The van der Waals surface area contributed by atoms with E-state index in [1.807, 2.05) is 0 Å². The van der Waals surface area contributed by atoms with Gasteiger partial charge in [0.15, 0.2) is 5.92 Å². The maximum absolute atomic E-state index is 12.7. The molecule has 0 bridgehead atoms. The van der Waals surface area contributed by atoms with Crippen molar-refractivity contribution >= 4 is 34.6 Å². The zero-order chi connectivity index (χ0) is 20.1. The van der Waals surface area contributed by atoms with E-state index in [1.165, 1.54) is 26.0 Å². The minimum atomic E-state index is -1.75. The van der Waals surface area contributed by atoms with Gasteiger partial charge in [0.2, 0.25) is 11.8 Å². The molecule has 2 aliphatic rings. The van der Waals surface area contributed by atoms with Crippen molar-refractivity contribution in [1.29, 1.82) is 0 Å². The zero-order valence-corrected chi connectivity index (χ0v) is 15.3. The number of nitrogens with zero attached hydrogens (tertiary/aromatic N) is 1. The lowest BCUT2D eigenvalue weighted by Gasteiger charge is -2.43. The van der Waals surface area contributed by atoms with Gasteiger partial charge >= 0.3 is 11.9 Å². The summed E-state index contributed by atoms with van der Waals surface area (Å²) in [6.07, 6.45) is 0. The molecule has 0 radical (unpaired) electrons. The summed E-state index contributed by atoms with van der Waals surface area (Å²) in [6, 6.07) is 5.31. The first-order valence-electron chi connectivity index (χ1n) is 8.12. The fraction of sp³-hybridized carbons (Fsp3) is 0.412. The van der Waals surface area contributed by atoms with Crippen molar-refractivity contribution in [2.45, 2.75) is 42.0 Å². The fourth-order valence-electron chi connectivity index (χ4n) is 3.58. The Kier molecular flexibility index (Phi) is 4.54. The number of carboxylic acid groups (broad SMARTS) is 2. The predicted octanol–water partition coefficient (Wildman–Crippen LogP) is -0.498. The van der Waals surface area contributed by atoms with Crippen LogP contribution in [0.1, 0.15) is 25.3 Å². The van der Waals surface area contributed by atoms with Crippen LogP contribution in [0.4, 0.5) is 0 Å². The van der Waals surface area contributed by atoms with E-state index in [4.69, 9.17) is 0 Å². The Balaban J connectivity index is 1.84. The molecular formula is C17H18N2O7S. The molecule has 2 fully saturated rings. The number of hydrogen-bond donors (Lipinski definition) is 3. The molecule has 0 aliphatic carbocycles. The summed E-state index contributed by atoms with van der Waals surface area (Å²) in [6.45, 7) is 2.97. The number of carbonyl (C=O) groups is 4. The first-order valence-corrected chi connectivity index (χ1v) is 9.34. The van der Waals surface area contributed by atoms with Gasteiger partial charge in [-0.05, 0) is 19.4 Å². The van der Waals surface area contributed by atoms with Crippen LogP contribution in [-0.2, 0) is 30.0 Å². The number of rotatable bonds is 5. The van der Waals surface area contributed by atoms with Crippen molar-refractivity contribution in [3.63, 3.8) is 0 Å². The second-order valence-corrected chi connectivity index (χ2v) is 9.08. The van der Waals surface area contributed by atoms with E-state index < -0.39 is 62.7 Å². The number of carboxylic acids is 2. The standard InChI is InChI=1S/C17H18N2O7S/c1-17(2)11(16(24)25)19-13(21)10(14(19)27(17)26)18-12(20)9(15(22)23)8-6-4-3-5-7-8/h3-7,9-11,14H,1-2H3,(H,18,20)(H,22,23)(H,24,25)/t9-,10+,11+,14+,27+/m0/s1. The average Bonchev–Trinajstić information content (AvgIpc) is 2.78. The molecule has 2 amide bonds. The third-order valence-electron chi connectivity index (χ3n) is 4.93. The molecule has 2 aliphatic heterocycles. The lowest BCUT2D eigenvalue weighted by molar-refractivity contribution is -0.161. The molecular weight excluding hydrogens is 376 g/mol. The van der Waals surface area contributed by atoms with Crippen molar-refractivity contribution in [2.75, 3.05) is 0 Å². The third-order valence-corrected chi connectivity index (χ3v) is 7.13. The Bertz CT molecular complexity index is 854. The van der Waals surface area contributed by atoms with Gasteiger partial charge in [0.1, 0.15) is 17.5 Å². The molecule has 5 atom stereocenters. The minimum Gasteiger partial charge on any atom is -0.480 e. The van der Waals surface area contributed by atoms with Gasteiger partial charge in [0.25, 0.3) is 0 Å². The Morgan fingerprint density at radius 1 is 1.19 bits per heavy atom. The van der Waals surface area contributed by atoms with Crippen LogP contribution >= 0.6 is 0 Å². The summed E-state index contributed by atoms with van der Waals surface area (Å²) in [5.41, 5.74) is 0.238. The lowest BCUT2D eigenvalue weighted by atomic mass is 9.94. The highest BCUT2D eigenvalue weighted by Crippen LogP contribution is 2.43. The largest absolute Gasteiger partial charge is 0.480 e. The predicted molar refractivity (Wildman–Crippen MR) is 93.0 cm³/mol. The molecule has 9 nitrogen and oxygen atoms in total. The molecule has 2 heterocycles. The number of β-lactam (4-membered cyclic amide) rings is 1. The van der Waals surface area contributed by atoms with Crippen LogP contribution < -0.4 is 5.32 Å². The molecule has 144 valence electrons. The second kappa shape index (κ2) is 6.45. The van der Waals surface area contributed by atoms with Crippen LogP contribution in [-0.4, -0.2) is 65.3 Å². The molecule has 0 unspecified atom stereocenters. The zero-order valence-electron chi connectivity index (χ0n) is 14.5. The first kappa shape index (κ1) is 19.0. The number of carbonyl (C=O) groups excluding carboxylic acids is 2. The molecule has 1 aromatic rings. The maximum atomic E-state index is 12.7. The van der Waals surface area contributed by atoms with Gasteiger partial charge in [0, 0.05) is 0 Å². The van der Waals surface area contributed by atoms with Crippen LogP contribution in [0.25, 0.3) is 0 Å². The number of benzene rings is 1. The van der Waals surface area contributed by atoms with E-state index in [1.54, 1.807) is 18.2 Å². The summed E-state index contributed by atoms with van der Waals surface area (Å²) < 4.78 is 11.5. The van der Waals surface area contributed by atoms with Gasteiger partial charge in [-0.1, -0.05) is 30.3 Å². The Morgan fingerprint density at radius 3 is 2.30 bits per heavy atom. The summed E-state index contributed by atoms with van der Waals surface area (Å²) in [4.78, 5) is 49.0. The highest BCUT2D eigenvalue weighted by molar-refractivity contribution is 7.87. The van der Waals surface area contributed by atoms with Gasteiger partial charge in [-0.15, -0.1) is 0 Å². The number of nitrogens with one attached hydrogen (secondary N) is 1. The van der Waals surface area contributed by atoms with Crippen molar-refractivity contribution in [3.05, 3.63) is 35.9 Å². The van der Waals surface area contributed by atoms with E-state index in [2.05, 4.69) is 5.32 Å². The Labute approximate surface area is 156 Å². The topological polar surface area (TPSA) is 141 Å². The molecule has 2 saturated heterocycles. The van der Waals surface area contributed by atoms with Crippen LogP contribution in [0.2, 0.25) is 0 Å². The van der Waals surface area contributed by atoms with Gasteiger partial charge in [0.05, 0.1) is 15.5 Å². The highest BCUT2D eigenvalue weighted by Gasteiger charge is 2.68. The first-order chi connectivity index (χ1) is 12.6. The number of amides is 2. The summed E-state index contributed by atoms with van der Waals surface area (Å²) in [5.74, 6) is -5.80. The normalized spacial score (nSPS) is 29.4. The molecule has 0 aromatic heterocycles. The van der Waals surface area contributed by atoms with E-state index in [0.29, 0.717) is 0 Å². The molecule has 0 spiro atoms. The van der Waals surface area contributed by atoms with Crippen molar-refractivity contribution in [2.24, 2.45) is 0 Å². The molecule has 3 rings (SSSR count). The van der Waals surface area contributed by atoms with E-state index in [0.717, 1.165) is 4.90 Å².